The fourth-order valence-corrected chi connectivity index (χ4v) is 3.12. The third-order valence-corrected chi connectivity index (χ3v) is 4.84. The average molecular weight is 472 g/mol. The Balaban J connectivity index is 1.38. The van der Waals surface area contributed by atoms with Crippen molar-refractivity contribution in [2.75, 3.05) is 7.11 Å². The highest BCUT2D eigenvalue weighted by Crippen LogP contribution is 2.19. The van der Waals surface area contributed by atoms with Gasteiger partial charge in [-0.1, -0.05) is 11.6 Å². The first-order valence-electron chi connectivity index (χ1n) is 9.73. The van der Waals surface area contributed by atoms with Gasteiger partial charge in [0.05, 0.1) is 42.8 Å². The lowest BCUT2D eigenvalue weighted by Gasteiger charge is -2.10. The molecule has 11 nitrogen and oxygen atoms in total. The fraction of sp³-hybridized carbons (Fsp3) is 0.200. The molecule has 3 heterocycles. The standard InChI is InChI=1S/C20H19ClFN9O2/c1-12-28-18(31(29-12)13-3-5-15(21)16(22)7-13)10-25-20(32)24-9-17-26-11-27-30(17)14-4-6-19(33-2)23-8-14/h3-8,11H,9-10H2,1-2H3,(H2,24,25,32). The zero-order chi connectivity index (χ0) is 23.4. The van der Waals surface area contributed by atoms with Crippen molar-refractivity contribution in [2.24, 2.45) is 0 Å². The van der Waals surface area contributed by atoms with Crippen LogP contribution in [0.5, 0.6) is 5.88 Å². The monoisotopic (exact) mass is 471 g/mol. The Hall–Kier alpha value is -4.06. The minimum Gasteiger partial charge on any atom is -0.481 e. The molecule has 0 aliphatic carbocycles. The summed E-state index contributed by atoms with van der Waals surface area (Å²) in [6.45, 7) is 1.88. The summed E-state index contributed by atoms with van der Waals surface area (Å²) in [4.78, 5) is 25.0. The summed E-state index contributed by atoms with van der Waals surface area (Å²) in [6.07, 6.45) is 2.97. The first-order chi connectivity index (χ1) is 15.9. The summed E-state index contributed by atoms with van der Waals surface area (Å²) in [7, 11) is 1.53. The zero-order valence-corrected chi connectivity index (χ0v) is 18.4. The Labute approximate surface area is 192 Å². The van der Waals surface area contributed by atoms with Crippen molar-refractivity contribution in [3.8, 4) is 17.3 Å². The Morgan fingerprint density at radius 3 is 2.55 bits per heavy atom. The van der Waals surface area contributed by atoms with Crippen molar-refractivity contribution < 1.29 is 13.9 Å². The van der Waals surface area contributed by atoms with Crippen LogP contribution < -0.4 is 15.4 Å². The number of rotatable bonds is 7. The number of halogens is 2. The Kier molecular flexibility index (Phi) is 6.45. The molecule has 3 aromatic heterocycles. The van der Waals surface area contributed by atoms with Crippen LogP contribution in [0.2, 0.25) is 5.02 Å². The molecular formula is C20H19ClFN9O2. The molecule has 0 saturated heterocycles. The minimum atomic E-state index is -0.574. The molecule has 33 heavy (non-hydrogen) atoms. The number of carbonyl (C=O) groups excluding carboxylic acids is 1. The van der Waals surface area contributed by atoms with Gasteiger partial charge in [-0.3, -0.25) is 0 Å². The highest BCUT2D eigenvalue weighted by atomic mass is 35.5. The molecule has 2 amide bonds. The van der Waals surface area contributed by atoms with E-state index in [1.54, 1.807) is 36.0 Å². The fourth-order valence-electron chi connectivity index (χ4n) is 3.00. The third kappa shape index (κ3) is 5.06. The van der Waals surface area contributed by atoms with Crippen molar-refractivity contribution in [2.45, 2.75) is 20.0 Å². The number of carbonyl (C=O) groups is 1. The van der Waals surface area contributed by atoms with Gasteiger partial charge < -0.3 is 15.4 Å². The van der Waals surface area contributed by atoms with Crippen LogP contribution >= 0.6 is 11.6 Å². The third-order valence-electron chi connectivity index (χ3n) is 4.53. The van der Waals surface area contributed by atoms with Gasteiger partial charge in [0.2, 0.25) is 5.88 Å². The normalized spacial score (nSPS) is 10.8. The van der Waals surface area contributed by atoms with Crippen molar-refractivity contribution in [3.63, 3.8) is 0 Å². The van der Waals surface area contributed by atoms with Crippen LogP contribution in [0.25, 0.3) is 11.4 Å². The number of urea groups is 1. The van der Waals surface area contributed by atoms with Crippen molar-refractivity contribution in [1.29, 1.82) is 0 Å². The van der Waals surface area contributed by atoms with Gasteiger partial charge in [0, 0.05) is 12.1 Å². The number of hydrogen-bond acceptors (Lipinski definition) is 7. The summed E-state index contributed by atoms with van der Waals surface area (Å²) in [5.41, 5.74) is 1.11. The SMILES string of the molecule is COc1ccc(-n2ncnc2CNC(=O)NCc2nc(C)nn2-c2ccc(Cl)c(F)c2)cn1. The molecule has 0 aliphatic rings. The van der Waals surface area contributed by atoms with E-state index < -0.39 is 11.8 Å². The van der Waals surface area contributed by atoms with Crippen LogP contribution in [0.1, 0.15) is 17.5 Å². The smallest absolute Gasteiger partial charge is 0.315 e. The first-order valence-corrected chi connectivity index (χ1v) is 10.1. The lowest BCUT2D eigenvalue weighted by molar-refractivity contribution is 0.239. The van der Waals surface area contributed by atoms with Gasteiger partial charge >= 0.3 is 6.03 Å². The van der Waals surface area contributed by atoms with Crippen LogP contribution in [0.15, 0.2) is 42.9 Å². The number of methoxy groups -OCH3 is 1. The predicted molar refractivity (Wildman–Crippen MR) is 116 cm³/mol. The summed E-state index contributed by atoms with van der Waals surface area (Å²) in [6, 6.07) is 7.32. The van der Waals surface area contributed by atoms with Crippen molar-refractivity contribution >= 4 is 17.6 Å². The number of pyridine rings is 1. The van der Waals surface area contributed by atoms with Gasteiger partial charge in [-0.25, -0.2) is 33.5 Å². The predicted octanol–water partition coefficient (Wildman–Crippen LogP) is 2.35. The quantitative estimate of drug-likeness (QED) is 0.424. The van der Waals surface area contributed by atoms with E-state index in [0.29, 0.717) is 34.7 Å². The Morgan fingerprint density at radius 2 is 1.85 bits per heavy atom. The maximum Gasteiger partial charge on any atom is 0.315 e. The summed E-state index contributed by atoms with van der Waals surface area (Å²) >= 11 is 5.75. The van der Waals surface area contributed by atoms with E-state index in [-0.39, 0.29) is 18.1 Å². The number of nitrogens with one attached hydrogen (secondary N) is 2. The van der Waals surface area contributed by atoms with Crippen LogP contribution in [0, 0.1) is 12.7 Å². The molecule has 1 aromatic carbocycles. The number of benzene rings is 1. The highest BCUT2D eigenvalue weighted by molar-refractivity contribution is 6.30. The number of aromatic nitrogens is 7. The van der Waals surface area contributed by atoms with E-state index in [2.05, 4.69) is 35.8 Å². The zero-order valence-electron chi connectivity index (χ0n) is 17.7. The Morgan fingerprint density at radius 1 is 1.09 bits per heavy atom. The molecule has 0 spiro atoms. The molecule has 0 unspecified atom stereocenters. The van der Waals surface area contributed by atoms with E-state index >= 15 is 0 Å². The molecule has 0 saturated carbocycles. The summed E-state index contributed by atoms with van der Waals surface area (Å²) in [5, 5.41) is 13.9. The molecule has 0 fully saturated rings. The molecule has 13 heteroatoms. The minimum absolute atomic E-state index is 0.00733. The van der Waals surface area contributed by atoms with E-state index in [1.807, 2.05) is 0 Å². The van der Waals surface area contributed by atoms with E-state index in [1.165, 1.54) is 30.3 Å². The number of nitrogens with zero attached hydrogens (tertiary/aromatic N) is 7. The van der Waals surface area contributed by atoms with Crippen LogP contribution in [-0.2, 0) is 13.1 Å². The van der Waals surface area contributed by atoms with Crippen molar-refractivity contribution in [1.82, 2.24) is 45.1 Å². The first kappa shape index (κ1) is 22.1. The molecule has 4 rings (SSSR count). The van der Waals surface area contributed by atoms with E-state index in [9.17, 15) is 9.18 Å². The van der Waals surface area contributed by atoms with Gasteiger partial charge in [-0.2, -0.15) is 10.2 Å². The lowest BCUT2D eigenvalue weighted by Crippen LogP contribution is -2.36. The van der Waals surface area contributed by atoms with E-state index in [4.69, 9.17) is 16.3 Å². The average Bonchev–Trinajstić information content (AvgIpc) is 3.44. The molecule has 170 valence electrons. The topological polar surface area (TPSA) is 125 Å². The maximum atomic E-state index is 13.8. The second kappa shape index (κ2) is 9.61. The van der Waals surface area contributed by atoms with Gasteiger partial charge in [0.1, 0.15) is 18.0 Å². The molecule has 0 atom stereocenters. The van der Waals surface area contributed by atoms with Crippen molar-refractivity contribution in [3.05, 3.63) is 71.2 Å². The molecule has 0 radical (unpaired) electrons. The second-order valence-corrected chi connectivity index (χ2v) is 7.18. The lowest BCUT2D eigenvalue weighted by atomic mass is 10.3. The van der Waals surface area contributed by atoms with Gasteiger partial charge in [-0.15, -0.1) is 0 Å². The molecule has 0 aliphatic heterocycles. The van der Waals surface area contributed by atoms with Crippen LogP contribution in [0.3, 0.4) is 0 Å². The van der Waals surface area contributed by atoms with E-state index in [0.717, 1.165) is 0 Å². The number of hydrogen-bond donors (Lipinski definition) is 2. The molecule has 4 aromatic rings. The molecule has 2 N–H and O–H groups in total. The van der Waals surface area contributed by atoms with Gasteiger partial charge in [-0.05, 0) is 25.1 Å². The number of aryl methyl sites for hydroxylation is 1. The van der Waals surface area contributed by atoms with Crippen LogP contribution in [0.4, 0.5) is 9.18 Å². The highest BCUT2D eigenvalue weighted by Gasteiger charge is 2.14. The molecule has 0 bridgehead atoms. The summed E-state index contributed by atoms with van der Waals surface area (Å²) < 4.78 is 21.9. The Bertz CT molecular complexity index is 1270. The summed E-state index contributed by atoms with van der Waals surface area (Å²) in [5.74, 6) is 1.31. The second-order valence-electron chi connectivity index (χ2n) is 6.77. The number of ether oxygens (including phenoxy) is 1. The maximum absolute atomic E-state index is 13.8. The number of amides is 2. The van der Waals surface area contributed by atoms with Gasteiger partial charge in [0.15, 0.2) is 11.6 Å². The van der Waals surface area contributed by atoms with Gasteiger partial charge in [0.25, 0.3) is 0 Å². The molecular weight excluding hydrogens is 453 g/mol. The van der Waals surface area contributed by atoms with Crippen LogP contribution in [-0.4, -0.2) is 47.7 Å². The largest absolute Gasteiger partial charge is 0.481 e.